The van der Waals surface area contributed by atoms with Gasteiger partial charge in [-0.3, -0.25) is 4.79 Å². The molecule has 0 radical (unpaired) electrons. The molecule has 3 N–H and O–H groups in total. The molecule has 10 heavy (non-hydrogen) atoms. The lowest BCUT2D eigenvalue weighted by molar-refractivity contribution is -0.122. The van der Waals surface area contributed by atoms with Crippen LogP contribution in [0.15, 0.2) is 0 Å². The molecule has 60 valence electrons. The molecule has 1 aliphatic heterocycles. The van der Waals surface area contributed by atoms with E-state index >= 15 is 0 Å². The number of hydrogen-bond acceptors (Lipinski definition) is 2. The molecule has 3 nitrogen and oxygen atoms in total. The maximum absolute atomic E-state index is 10.8. The van der Waals surface area contributed by atoms with Crippen molar-refractivity contribution in [3.05, 3.63) is 0 Å². The Hall–Kier alpha value is -0.280. The van der Waals surface area contributed by atoms with Crippen molar-refractivity contribution in [3.63, 3.8) is 0 Å². The minimum atomic E-state index is -0.257. The van der Waals surface area contributed by atoms with E-state index in [1.165, 1.54) is 0 Å². The maximum Gasteiger partial charge on any atom is 0.236 e. The molecule has 0 aromatic carbocycles. The summed E-state index contributed by atoms with van der Waals surface area (Å²) in [5, 5.41) is 2.73. The van der Waals surface area contributed by atoms with E-state index < -0.39 is 0 Å². The maximum atomic E-state index is 10.8. The van der Waals surface area contributed by atoms with Crippen LogP contribution in [0.5, 0.6) is 0 Å². The second-order valence-electron chi connectivity index (χ2n) is 2.39. The van der Waals surface area contributed by atoms with Gasteiger partial charge < -0.3 is 11.1 Å². The van der Waals surface area contributed by atoms with Crippen LogP contribution in [0.3, 0.4) is 0 Å². The van der Waals surface area contributed by atoms with Gasteiger partial charge in [0.2, 0.25) is 5.91 Å². The highest BCUT2D eigenvalue weighted by molar-refractivity contribution is 5.85. The van der Waals surface area contributed by atoms with Gasteiger partial charge in [0.15, 0.2) is 0 Å². The fourth-order valence-corrected chi connectivity index (χ4v) is 0.963. The number of nitrogens with two attached hydrogens (primary N) is 1. The van der Waals surface area contributed by atoms with E-state index in [1.54, 1.807) is 0 Å². The molecule has 4 heteroatoms. The van der Waals surface area contributed by atoms with E-state index in [2.05, 4.69) is 5.32 Å². The molecule has 0 bridgehead atoms. The van der Waals surface area contributed by atoms with Gasteiger partial charge in [-0.15, -0.1) is 12.4 Å². The van der Waals surface area contributed by atoms with Crippen LogP contribution in [0.2, 0.25) is 0 Å². The molecule has 1 aliphatic rings. The Morgan fingerprint density at radius 2 is 2.20 bits per heavy atom. The Morgan fingerprint density at radius 1 is 1.50 bits per heavy atom. The SMILES string of the molecule is Cl.NC1CCCCNC1=O. The lowest BCUT2D eigenvalue weighted by Gasteiger charge is -2.03. The number of amides is 1. The molecule has 1 atom stereocenters. The Kier molecular flexibility index (Phi) is 4.40. The van der Waals surface area contributed by atoms with Crippen LogP contribution in [-0.4, -0.2) is 18.5 Å². The second-order valence-corrected chi connectivity index (χ2v) is 2.39. The van der Waals surface area contributed by atoms with E-state index in [-0.39, 0.29) is 24.4 Å². The molecule has 1 heterocycles. The molecule has 1 amide bonds. The van der Waals surface area contributed by atoms with Gasteiger partial charge in [0.1, 0.15) is 0 Å². The van der Waals surface area contributed by atoms with Crippen LogP contribution >= 0.6 is 12.4 Å². The molecule has 1 unspecified atom stereocenters. The summed E-state index contributed by atoms with van der Waals surface area (Å²) in [5.74, 6) is 0.00694. The van der Waals surface area contributed by atoms with Gasteiger partial charge in [-0.05, 0) is 19.3 Å². The van der Waals surface area contributed by atoms with Crippen molar-refractivity contribution in [1.29, 1.82) is 0 Å². The largest absolute Gasteiger partial charge is 0.355 e. The van der Waals surface area contributed by atoms with Gasteiger partial charge >= 0.3 is 0 Å². The molecule has 0 spiro atoms. The van der Waals surface area contributed by atoms with Crippen LogP contribution < -0.4 is 11.1 Å². The lowest BCUT2D eigenvalue weighted by atomic mass is 10.1. The van der Waals surface area contributed by atoms with Crippen molar-refractivity contribution in [2.75, 3.05) is 6.54 Å². The highest BCUT2D eigenvalue weighted by Crippen LogP contribution is 2.01. The van der Waals surface area contributed by atoms with E-state index in [4.69, 9.17) is 5.73 Å². The number of carbonyl (C=O) groups is 1. The van der Waals surface area contributed by atoms with E-state index in [0.29, 0.717) is 0 Å². The topological polar surface area (TPSA) is 55.1 Å². The highest BCUT2D eigenvalue weighted by Gasteiger charge is 2.14. The Labute approximate surface area is 66.8 Å². The highest BCUT2D eigenvalue weighted by atomic mass is 35.5. The van der Waals surface area contributed by atoms with Crippen molar-refractivity contribution in [3.8, 4) is 0 Å². The van der Waals surface area contributed by atoms with Gasteiger partial charge in [-0.1, -0.05) is 0 Å². The third kappa shape index (κ3) is 2.54. The monoisotopic (exact) mass is 164 g/mol. The second kappa shape index (κ2) is 4.52. The average Bonchev–Trinajstić information content (AvgIpc) is 1.99. The number of rotatable bonds is 0. The van der Waals surface area contributed by atoms with E-state index in [0.717, 1.165) is 25.8 Å². The molecular formula is C6H13ClN2O. The van der Waals surface area contributed by atoms with Gasteiger partial charge in [-0.2, -0.15) is 0 Å². The third-order valence-electron chi connectivity index (χ3n) is 1.58. The summed E-state index contributed by atoms with van der Waals surface area (Å²) in [6.45, 7) is 0.798. The molecule has 0 aromatic heterocycles. The number of carbonyl (C=O) groups excluding carboxylic acids is 1. The van der Waals surface area contributed by atoms with Gasteiger partial charge in [0.25, 0.3) is 0 Å². The minimum absolute atomic E-state index is 0. The molecule has 0 aromatic rings. The van der Waals surface area contributed by atoms with Crippen molar-refractivity contribution in [2.24, 2.45) is 5.73 Å². The Balaban J connectivity index is 0.000000810. The minimum Gasteiger partial charge on any atom is -0.355 e. The van der Waals surface area contributed by atoms with Crippen molar-refractivity contribution in [1.82, 2.24) is 5.32 Å². The number of halogens is 1. The lowest BCUT2D eigenvalue weighted by Crippen LogP contribution is -2.38. The molecular weight excluding hydrogens is 152 g/mol. The zero-order valence-corrected chi connectivity index (χ0v) is 6.62. The first kappa shape index (κ1) is 9.72. The predicted octanol–water partition coefficient (Wildman–Crippen LogP) is 0.0356. The third-order valence-corrected chi connectivity index (χ3v) is 1.58. The summed E-state index contributed by atoms with van der Waals surface area (Å²) in [5.41, 5.74) is 5.47. The molecule has 1 saturated heterocycles. The summed E-state index contributed by atoms with van der Waals surface area (Å²) in [6, 6.07) is -0.257. The van der Waals surface area contributed by atoms with Crippen molar-refractivity contribution < 1.29 is 4.79 Å². The summed E-state index contributed by atoms with van der Waals surface area (Å²) >= 11 is 0. The van der Waals surface area contributed by atoms with Crippen LogP contribution in [0.25, 0.3) is 0 Å². The summed E-state index contributed by atoms with van der Waals surface area (Å²) < 4.78 is 0. The van der Waals surface area contributed by atoms with Crippen LogP contribution in [0.1, 0.15) is 19.3 Å². The predicted molar refractivity (Wildman–Crippen MR) is 42.1 cm³/mol. The van der Waals surface area contributed by atoms with Gasteiger partial charge in [0.05, 0.1) is 6.04 Å². The first-order valence-electron chi connectivity index (χ1n) is 3.34. The van der Waals surface area contributed by atoms with Gasteiger partial charge in [0, 0.05) is 6.54 Å². The smallest absolute Gasteiger partial charge is 0.236 e. The molecule has 0 saturated carbocycles. The van der Waals surface area contributed by atoms with E-state index in [1.807, 2.05) is 0 Å². The average molecular weight is 165 g/mol. The zero-order valence-electron chi connectivity index (χ0n) is 5.80. The molecule has 1 rings (SSSR count). The Morgan fingerprint density at radius 3 is 2.90 bits per heavy atom. The first-order valence-corrected chi connectivity index (χ1v) is 3.34. The van der Waals surface area contributed by atoms with Crippen LogP contribution in [-0.2, 0) is 4.79 Å². The standard InChI is InChI=1S/C6H12N2O.ClH/c7-5-3-1-2-4-8-6(5)9;/h5H,1-4,7H2,(H,8,9);1H. The fraction of sp³-hybridized carbons (Fsp3) is 0.833. The summed E-state index contributed by atoms with van der Waals surface area (Å²) in [6.07, 6.45) is 2.98. The fourth-order valence-electron chi connectivity index (χ4n) is 0.963. The molecule has 1 fully saturated rings. The summed E-state index contributed by atoms with van der Waals surface area (Å²) in [7, 11) is 0. The molecule has 0 aliphatic carbocycles. The van der Waals surface area contributed by atoms with Crippen molar-refractivity contribution in [2.45, 2.75) is 25.3 Å². The van der Waals surface area contributed by atoms with Crippen LogP contribution in [0.4, 0.5) is 0 Å². The quantitative estimate of drug-likeness (QED) is 0.531. The van der Waals surface area contributed by atoms with Crippen LogP contribution in [0, 0.1) is 0 Å². The zero-order chi connectivity index (χ0) is 6.69. The number of nitrogens with one attached hydrogen (secondary N) is 1. The van der Waals surface area contributed by atoms with E-state index in [9.17, 15) is 4.79 Å². The summed E-state index contributed by atoms with van der Waals surface area (Å²) in [4.78, 5) is 10.8. The first-order chi connectivity index (χ1) is 4.30. The number of hydrogen-bond donors (Lipinski definition) is 2. The van der Waals surface area contributed by atoms with Gasteiger partial charge in [-0.25, -0.2) is 0 Å². The normalized spacial score (nSPS) is 26.1. The van der Waals surface area contributed by atoms with Crippen molar-refractivity contribution >= 4 is 18.3 Å². The Bertz CT molecular complexity index is 118.